The molecule has 0 bridgehead atoms. The highest BCUT2D eigenvalue weighted by Gasteiger charge is 2.15. The molecule has 5 nitrogen and oxygen atoms in total. The van der Waals surface area contributed by atoms with Crippen LogP contribution in [0.25, 0.3) is 5.69 Å². The van der Waals surface area contributed by atoms with E-state index in [1.54, 1.807) is 32.2 Å². The van der Waals surface area contributed by atoms with Gasteiger partial charge in [0.15, 0.2) is 0 Å². The van der Waals surface area contributed by atoms with Gasteiger partial charge in [-0.2, -0.15) is 5.10 Å². The molecule has 0 aliphatic carbocycles. The molecule has 1 aromatic carbocycles. The van der Waals surface area contributed by atoms with E-state index in [9.17, 15) is 14.3 Å². The van der Waals surface area contributed by atoms with Crippen molar-refractivity contribution >= 4 is 5.91 Å². The first-order valence-electron chi connectivity index (χ1n) is 6.72. The Kier molecular flexibility index (Phi) is 4.70. The van der Waals surface area contributed by atoms with Crippen molar-refractivity contribution in [1.82, 2.24) is 14.7 Å². The zero-order valence-electron chi connectivity index (χ0n) is 12.0. The fourth-order valence-electron chi connectivity index (χ4n) is 1.90. The minimum atomic E-state index is -0.457. The number of rotatable bonds is 5. The van der Waals surface area contributed by atoms with E-state index in [1.165, 1.54) is 28.0 Å². The maximum atomic E-state index is 13.7. The molecule has 1 atom stereocenters. The second kappa shape index (κ2) is 6.49. The Hall–Kier alpha value is -2.21. The molecule has 0 saturated heterocycles. The van der Waals surface area contributed by atoms with Gasteiger partial charge in [0.2, 0.25) is 0 Å². The Labute approximate surface area is 122 Å². The predicted octanol–water partition coefficient (Wildman–Crippen LogP) is 1.85. The van der Waals surface area contributed by atoms with Gasteiger partial charge in [0.25, 0.3) is 5.91 Å². The van der Waals surface area contributed by atoms with Gasteiger partial charge in [-0.05, 0) is 25.5 Å². The average Bonchev–Trinajstić information content (AvgIpc) is 2.94. The van der Waals surface area contributed by atoms with Crippen LogP contribution in [0.2, 0.25) is 0 Å². The van der Waals surface area contributed by atoms with Crippen molar-refractivity contribution < 1.29 is 14.3 Å². The maximum absolute atomic E-state index is 13.7. The highest BCUT2D eigenvalue weighted by Crippen LogP contribution is 2.13. The minimum absolute atomic E-state index is 0.210. The number of hydrogen-bond acceptors (Lipinski definition) is 3. The molecule has 6 heteroatoms. The molecule has 0 radical (unpaired) electrons. The molecule has 1 unspecified atom stereocenters. The summed E-state index contributed by atoms with van der Waals surface area (Å²) in [4.78, 5) is 13.7. The fraction of sp³-hybridized carbons (Fsp3) is 0.333. The van der Waals surface area contributed by atoms with Crippen LogP contribution in [0.1, 0.15) is 23.7 Å². The Morgan fingerprint density at radius 3 is 2.86 bits per heavy atom. The predicted molar refractivity (Wildman–Crippen MR) is 76.8 cm³/mol. The number of halogens is 1. The molecular weight excluding hydrogens is 273 g/mol. The normalized spacial score (nSPS) is 12.2. The van der Waals surface area contributed by atoms with Gasteiger partial charge in [0.05, 0.1) is 17.9 Å². The number of nitrogens with zero attached hydrogens (tertiary/aromatic N) is 3. The Bertz CT molecular complexity index is 625. The summed E-state index contributed by atoms with van der Waals surface area (Å²) in [6, 6.07) is 6.23. The lowest BCUT2D eigenvalue weighted by Crippen LogP contribution is -2.29. The maximum Gasteiger partial charge on any atom is 0.256 e. The van der Waals surface area contributed by atoms with Crippen molar-refractivity contribution in [2.24, 2.45) is 0 Å². The summed E-state index contributed by atoms with van der Waals surface area (Å²) in [5.41, 5.74) is 0.675. The zero-order valence-corrected chi connectivity index (χ0v) is 12.0. The van der Waals surface area contributed by atoms with Gasteiger partial charge in [0, 0.05) is 19.8 Å². The number of aliphatic hydroxyl groups is 1. The minimum Gasteiger partial charge on any atom is -0.393 e. The molecule has 0 saturated carbocycles. The third kappa shape index (κ3) is 3.66. The lowest BCUT2D eigenvalue weighted by molar-refractivity contribution is 0.0769. The molecule has 2 rings (SSSR count). The van der Waals surface area contributed by atoms with Crippen molar-refractivity contribution in [3.05, 3.63) is 48.0 Å². The molecule has 0 fully saturated rings. The Balaban J connectivity index is 2.13. The molecule has 1 heterocycles. The lowest BCUT2D eigenvalue weighted by Gasteiger charge is -2.16. The average molecular weight is 291 g/mol. The topological polar surface area (TPSA) is 58.4 Å². The van der Waals surface area contributed by atoms with Crippen LogP contribution in [0, 0.1) is 5.82 Å². The van der Waals surface area contributed by atoms with E-state index in [4.69, 9.17) is 0 Å². The molecule has 0 aliphatic heterocycles. The molecule has 1 N–H and O–H groups in total. The summed E-state index contributed by atoms with van der Waals surface area (Å²) in [5.74, 6) is -0.611. The third-order valence-electron chi connectivity index (χ3n) is 3.16. The van der Waals surface area contributed by atoms with E-state index in [0.717, 1.165) is 0 Å². The van der Waals surface area contributed by atoms with E-state index in [2.05, 4.69) is 5.10 Å². The van der Waals surface area contributed by atoms with E-state index in [0.29, 0.717) is 24.2 Å². The smallest absolute Gasteiger partial charge is 0.256 e. The van der Waals surface area contributed by atoms with Gasteiger partial charge in [-0.15, -0.1) is 0 Å². The molecule has 0 spiro atoms. The number of carbonyl (C=O) groups excluding carboxylic acids is 1. The second-order valence-corrected chi connectivity index (χ2v) is 4.99. The quantitative estimate of drug-likeness (QED) is 0.914. The molecule has 2 aromatic rings. The van der Waals surface area contributed by atoms with Crippen LogP contribution in [0.3, 0.4) is 0 Å². The van der Waals surface area contributed by atoms with Crippen LogP contribution < -0.4 is 0 Å². The molecule has 21 heavy (non-hydrogen) atoms. The van der Waals surface area contributed by atoms with Crippen LogP contribution in [-0.4, -0.2) is 45.4 Å². The first kappa shape index (κ1) is 15.2. The molecule has 1 aromatic heterocycles. The summed E-state index contributed by atoms with van der Waals surface area (Å²) in [5, 5.41) is 13.3. The number of benzene rings is 1. The van der Waals surface area contributed by atoms with Crippen LogP contribution in [0.15, 0.2) is 36.7 Å². The van der Waals surface area contributed by atoms with Crippen molar-refractivity contribution in [3.63, 3.8) is 0 Å². The summed E-state index contributed by atoms with van der Waals surface area (Å²) >= 11 is 0. The van der Waals surface area contributed by atoms with Gasteiger partial charge < -0.3 is 10.0 Å². The zero-order chi connectivity index (χ0) is 15.4. The number of hydrogen-bond donors (Lipinski definition) is 1. The van der Waals surface area contributed by atoms with E-state index in [1.807, 2.05) is 0 Å². The fourth-order valence-corrected chi connectivity index (χ4v) is 1.90. The third-order valence-corrected chi connectivity index (χ3v) is 3.16. The van der Waals surface area contributed by atoms with Gasteiger partial charge in [0.1, 0.15) is 11.5 Å². The summed E-state index contributed by atoms with van der Waals surface area (Å²) < 4.78 is 15.0. The Morgan fingerprint density at radius 1 is 1.48 bits per heavy atom. The summed E-state index contributed by atoms with van der Waals surface area (Å²) in [7, 11) is 1.66. The van der Waals surface area contributed by atoms with Gasteiger partial charge in [-0.3, -0.25) is 4.79 Å². The standard InChI is InChI=1S/C15H18FN3O2/c1-11(20)7-8-18(2)15(21)12-9-17-19(10-12)14-6-4-3-5-13(14)16/h3-6,9-11,20H,7-8H2,1-2H3. The largest absolute Gasteiger partial charge is 0.393 e. The van der Waals surface area contributed by atoms with E-state index < -0.39 is 11.9 Å². The summed E-state index contributed by atoms with van der Waals surface area (Å²) in [6.07, 6.45) is 2.96. The summed E-state index contributed by atoms with van der Waals surface area (Å²) in [6.45, 7) is 2.12. The Morgan fingerprint density at radius 2 is 2.19 bits per heavy atom. The molecule has 112 valence electrons. The van der Waals surface area contributed by atoms with Crippen LogP contribution >= 0.6 is 0 Å². The first-order valence-corrected chi connectivity index (χ1v) is 6.72. The van der Waals surface area contributed by atoms with Crippen molar-refractivity contribution in [3.8, 4) is 5.69 Å². The van der Waals surface area contributed by atoms with Crippen molar-refractivity contribution in [1.29, 1.82) is 0 Å². The number of para-hydroxylation sites is 1. The van der Waals surface area contributed by atoms with Gasteiger partial charge in [-0.1, -0.05) is 12.1 Å². The number of carbonyl (C=O) groups is 1. The van der Waals surface area contributed by atoms with Gasteiger partial charge >= 0.3 is 0 Å². The van der Waals surface area contributed by atoms with Gasteiger partial charge in [-0.25, -0.2) is 9.07 Å². The second-order valence-electron chi connectivity index (χ2n) is 4.99. The molecule has 0 aliphatic rings. The number of aliphatic hydroxyl groups excluding tert-OH is 1. The highest BCUT2D eigenvalue weighted by molar-refractivity contribution is 5.93. The van der Waals surface area contributed by atoms with Crippen LogP contribution in [0.5, 0.6) is 0 Å². The van der Waals surface area contributed by atoms with Crippen molar-refractivity contribution in [2.45, 2.75) is 19.4 Å². The van der Waals surface area contributed by atoms with Crippen LogP contribution in [0.4, 0.5) is 4.39 Å². The number of aromatic nitrogens is 2. The lowest BCUT2D eigenvalue weighted by atomic mass is 10.2. The number of amides is 1. The first-order chi connectivity index (χ1) is 9.99. The molecular formula is C15H18FN3O2. The SMILES string of the molecule is CC(O)CCN(C)C(=O)c1cnn(-c2ccccc2F)c1. The molecule has 1 amide bonds. The highest BCUT2D eigenvalue weighted by atomic mass is 19.1. The van der Waals surface area contributed by atoms with Crippen LogP contribution in [-0.2, 0) is 0 Å². The van der Waals surface area contributed by atoms with E-state index in [-0.39, 0.29) is 5.91 Å². The van der Waals surface area contributed by atoms with E-state index >= 15 is 0 Å². The monoisotopic (exact) mass is 291 g/mol. The van der Waals surface area contributed by atoms with Crippen molar-refractivity contribution in [2.75, 3.05) is 13.6 Å².